The van der Waals surface area contributed by atoms with Crippen molar-refractivity contribution in [2.24, 2.45) is 0 Å². The predicted molar refractivity (Wildman–Crippen MR) is 148 cm³/mol. The van der Waals surface area contributed by atoms with Crippen molar-refractivity contribution in [2.75, 3.05) is 24.5 Å². The van der Waals surface area contributed by atoms with Crippen LogP contribution in [0.4, 0.5) is 10.2 Å². The van der Waals surface area contributed by atoms with Crippen LogP contribution in [0.25, 0.3) is 28.7 Å². The largest absolute Gasteiger partial charge is 0.357 e. The highest BCUT2D eigenvalue weighted by atomic mass is 19.1. The van der Waals surface area contributed by atoms with Gasteiger partial charge in [0.2, 0.25) is 0 Å². The first kappa shape index (κ1) is 24.0. The molecule has 0 saturated carbocycles. The maximum Gasteiger partial charge on any atom is 0.130 e. The van der Waals surface area contributed by atoms with Crippen LogP contribution in [-0.4, -0.2) is 50.3 Å². The second-order valence-electron chi connectivity index (χ2n) is 9.81. The molecule has 4 aromatic rings. The highest BCUT2D eigenvalue weighted by Gasteiger charge is 2.27. The first-order chi connectivity index (χ1) is 18.6. The summed E-state index contributed by atoms with van der Waals surface area (Å²) in [5, 5.41) is 8.62. The smallest absolute Gasteiger partial charge is 0.130 e. The lowest BCUT2D eigenvalue weighted by atomic mass is 10.0. The molecular formula is C30H30FN7. The number of aromatic nitrogens is 4. The number of rotatable bonds is 6. The van der Waals surface area contributed by atoms with E-state index in [-0.39, 0.29) is 11.9 Å². The second-order valence-corrected chi connectivity index (χ2v) is 9.81. The molecule has 1 atom stereocenters. The number of anilines is 1. The van der Waals surface area contributed by atoms with Crippen molar-refractivity contribution in [3.63, 3.8) is 0 Å². The highest BCUT2D eigenvalue weighted by Crippen LogP contribution is 2.32. The summed E-state index contributed by atoms with van der Waals surface area (Å²) in [6.45, 7) is 2.88. The molecule has 0 unspecified atom stereocenters. The number of likely N-dealkylation sites (tertiary alicyclic amines) is 1. The Balaban J connectivity index is 1.17. The Kier molecular flexibility index (Phi) is 6.69. The van der Waals surface area contributed by atoms with Crippen molar-refractivity contribution in [1.29, 1.82) is 5.41 Å². The van der Waals surface area contributed by atoms with Crippen molar-refractivity contribution >= 4 is 17.7 Å². The normalized spacial score (nSPS) is 17.6. The monoisotopic (exact) mass is 507 g/mol. The van der Waals surface area contributed by atoms with E-state index in [4.69, 9.17) is 10.4 Å². The zero-order valence-corrected chi connectivity index (χ0v) is 21.1. The number of hydrogen-bond acceptors (Lipinski definition) is 5. The molecule has 0 spiro atoms. The van der Waals surface area contributed by atoms with Gasteiger partial charge >= 0.3 is 0 Å². The molecule has 2 aliphatic rings. The number of amidine groups is 1. The van der Waals surface area contributed by atoms with E-state index in [1.165, 1.54) is 18.9 Å². The minimum atomic E-state index is -0.242. The molecule has 0 amide bonds. The third-order valence-corrected chi connectivity index (χ3v) is 7.29. The van der Waals surface area contributed by atoms with Crippen LogP contribution < -0.4 is 4.90 Å². The summed E-state index contributed by atoms with van der Waals surface area (Å²) in [7, 11) is 0. The van der Waals surface area contributed by atoms with E-state index >= 15 is 0 Å². The molecule has 38 heavy (non-hydrogen) atoms. The average molecular weight is 508 g/mol. The van der Waals surface area contributed by atoms with Gasteiger partial charge in [-0.15, -0.1) is 0 Å². The fraction of sp³-hybridized carbons (Fsp3) is 0.267. The molecule has 7 nitrogen and oxygen atoms in total. The standard InChI is InChI=1S/C30H30FN7/c31-23-7-3-6-22(18-23)27-10-5-17-38(27)28(32)11-12-29-34-20-26(36-29)25-9-4-8-24(35-25)21-13-14-33-30(19-21)37-15-1-2-16-37/h3-4,6-9,11-14,18-20,27,32H,1-2,5,10,15-17H2,(H,34,36)/b12-11-,32-28?/t27-/m1/s1. The van der Waals surface area contributed by atoms with Crippen LogP contribution in [0, 0.1) is 11.2 Å². The van der Waals surface area contributed by atoms with Gasteiger partial charge in [0.05, 0.1) is 29.3 Å². The van der Waals surface area contributed by atoms with Gasteiger partial charge in [0.25, 0.3) is 0 Å². The lowest BCUT2D eigenvalue weighted by Crippen LogP contribution is -2.28. The summed E-state index contributed by atoms with van der Waals surface area (Å²) < 4.78 is 13.8. The Morgan fingerprint density at radius 1 is 0.974 bits per heavy atom. The summed E-state index contributed by atoms with van der Waals surface area (Å²) in [6.07, 6.45) is 11.5. The van der Waals surface area contributed by atoms with E-state index in [0.29, 0.717) is 11.7 Å². The highest BCUT2D eigenvalue weighted by molar-refractivity contribution is 5.94. The molecular weight excluding hydrogens is 477 g/mol. The summed E-state index contributed by atoms with van der Waals surface area (Å²) in [5.74, 6) is 1.80. The van der Waals surface area contributed by atoms with E-state index in [9.17, 15) is 4.39 Å². The maximum absolute atomic E-state index is 13.8. The molecule has 2 fully saturated rings. The first-order valence-corrected chi connectivity index (χ1v) is 13.2. The number of H-pyrrole nitrogens is 1. The van der Waals surface area contributed by atoms with Crippen LogP contribution in [-0.2, 0) is 0 Å². The summed E-state index contributed by atoms with van der Waals surface area (Å²) in [6, 6.07) is 16.8. The number of hydrogen-bond donors (Lipinski definition) is 2. The van der Waals surface area contributed by atoms with Crippen LogP contribution in [0.3, 0.4) is 0 Å². The van der Waals surface area contributed by atoms with Crippen LogP contribution in [0.15, 0.2) is 73.1 Å². The first-order valence-electron chi connectivity index (χ1n) is 13.2. The van der Waals surface area contributed by atoms with Gasteiger partial charge in [-0.25, -0.2) is 19.3 Å². The number of pyridine rings is 2. The summed E-state index contributed by atoms with van der Waals surface area (Å²) in [4.78, 5) is 21.6. The van der Waals surface area contributed by atoms with Crippen LogP contribution in [0.2, 0.25) is 0 Å². The summed E-state index contributed by atoms with van der Waals surface area (Å²) >= 11 is 0. The molecule has 0 bridgehead atoms. The van der Waals surface area contributed by atoms with Crippen molar-refractivity contribution < 1.29 is 4.39 Å². The van der Waals surface area contributed by atoms with Gasteiger partial charge in [0, 0.05) is 31.4 Å². The molecule has 2 N–H and O–H groups in total. The zero-order chi connectivity index (χ0) is 25.9. The Hall–Kier alpha value is -4.33. The van der Waals surface area contributed by atoms with E-state index < -0.39 is 0 Å². The van der Waals surface area contributed by atoms with Crippen molar-refractivity contribution in [1.82, 2.24) is 24.8 Å². The number of halogens is 1. The topological polar surface area (TPSA) is 84.8 Å². The van der Waals surface area contributed by atoms with Gasteiger partial charge in [-0.3, -0.25) is 5.41 Å². The van der Waals surface area contributed by atoms with Gasteiger partial charge in [-0.2, -0.15) is 0 Å². The number of benzene rings is 1. The molecule has 0 aliphatic carbocycles. The van der Waals surface area contributed by atoms with E-state index in [1.54, 1.807) is 24.4 Å². The van der Waals surface area contributed by atoms with E-state index in [1.807, 2.05) is 47.5 Å². The van der Waals surface area contributed by atoms with E-state index in [0.717, 1.165) is 66.5 Å². The van der Waals surface area contributed by atoms with Crippen molar-refractivity contribution in [2.45, 2.75) is 31.7 Å². The van der Waals surface area contributed by atoms with E-state index in [2.05, 4.69) is 25.9 Å². The average Bonchev–Trinajstić information content (AvgIpc) is 3.74. The molecule has 3 aromatic heterocycles. The molecule has 2 saturated heterocycles. The van der Waals surface area contributed by atoms with Gasteiger partial charge in [-0.1, -0.05) is 18.2 Å². The van der Waals surface area contributed by atoms with Gasteiger partial charge in [0.1, 0.15) is 23.3 Å². The summed E-state index contributed by atoms with van der Waals surface area (Å²) in [5.41, 5.74) is 4.45. The third kappa shape index (κ3) is 5.07. The minimum absolute atomic E-state index is 0.0149. The quantitative estimate of drug-likeness (QED) is 0.243. The lowest BCUT2D eigenvalue weighted by molar-refractivity contribution is 0.399. The third-order valence-electron chi connectivity index (χ3n) is 7.29. The fourth-order valence-corrected chi connectivity index (χ4v) is 5.36. The van der Waals surface area contributed by atoms with Gasteiger partial charge in [-0.05, 0) is 79.8 Å². The van der Waals surface area contributed by atoms with Gasteiger partial charge < -0.3 is 14.8 Å². The zero-order valence-electron chi connectivity index (χ0n) is 21.1. The molecule has 8 heteroatoms. The predicted octanol–water partition coefficient (Wildman–Crippen LogP) is 6.10. The number of aromatic amines is 1. The second kappa shape index (κ2) is 10.6. The Morgan fingerprint density at radius 2 is 1.82 bits per heavy atom. The van der Waals surface area contributed by atoms with Crippen molar-refractivity contribution in [3.05, 3.63) is 90.3 Å². The van der Waals surface area contributed by atoms with Gasteiger partial charge in [0.15, 0.2) is 0 Å². The molecule has 1 aromatic carbocycles. The van der Waals surface area contributed by atoms with Crippen LogP contribution >= 0.6 is 0 Å². The van der Waals surface area contributed by atoms with Crippen molar-refractivity contribution in [3.8, 4) is 22.6 Å². The number of nitrogens with zero attached hydrogens (tertiary/aromatic N) is 5. The number of imidazole rings is 1. The fourth-order valence-electron chi connectivity index (χ4n) is 5.36. The number of nitrogens with one attached hydrogen (secondary N) is 2. The SMILES string of the molecule is N=C(/C=C\c1ncc(-c2cccc(-c3ccnc(N4CCCC4)c3)n2)[nH]1)N1CCC[C@@H]1c1cccc(F)c1. The Labute approximate surface area is 221 Å². The minimum Gasteiger partial charge on any atom is -0.357 e. The molecule has 0 radical (unpaired) electrons. The lowest BCUT2D eigenvalue weighted by Gasteiger charge is -2.26. The Bertz CT molecular complexity index is 1470. The maximum atomic E-state index is 13.8. The molecule has 2 aliphatic heterocycles. The molecule has 192 valence electrons. The Morgan fingerprint density at radius 3 is 2.68 bits per heavy atom. The van der Waals surface area contributed by atoms with Crippen LogP contribution in [0.5, 0.6) is 0 Å². The molecule has 6 rings (SSSR count). The van der Waals surface area contributed by atoms with Crippen LogP contribution in [0.1, 0.15) is 43.1 Å². The molecule has 5 heterocycles.